The Morgan fingerprint density at radius 1 is 1.15 bits per heavy atom. The van der Waals surface area contributed by atoms with Crippen molar-refractivity contribution in [2.24, 2.45) is 0 Å². The first-order valence-electron chi connectivity index (χ1n) is 6.67. The van der Waals surface area contributed by atoms with Crippen LogP contribution in [0, 0.1) is 0 Å². The zero-order valence-electron chi connectivity index (χ0n) is 11.3. The lowest BCUT2D eigenvalue weighted by atomic mass is 10.1. The first kappa shape index (κ1) is 12.5. The predicted octanol–water partition coefficient (Wildman–Crippen LogP) is 2.88. The number of carbonyl (C=O) groups is 1. The number of para-hydroxylation sites is 1. The Morgan fingerprint density at radius 3 is 2.65 bits per heavy atom. The van der Waals surface area contributed by atoms with Crippen molar-refractivity contribution in [1.82, 2.24) is 14.8 Å². The van der Waals surface area contributed by atoms with Gasteiger partial charge in [0.25, 0.3) is 0 Å². The van der Waals surface area contributed by atoms with E-state index >= 15 is 0 Å². The summed E-state index contributed by atoms with van der Waals surface area (Å²) in [7, 11) is 0. The van der Waals surface area contributed by atoms with Crippen molar-refractivity contribution in [3.8, 4) is 0 Å². The summed E-state index contributed by atoms with van der Waals surface area (Å²) in [5, 5.41) is 5.61. The topological polar surface area (TPSA) is 47.8 Å². The lowest BCUT2D eigenvalue weighted by Gasteiger charge is -1.98. The molecule has 0 radical (unpaired) electrons. The minimum Gasteiger partial charge on any atom is -0.294 e. The zero-order chi connectivity index (χ0) is 13.9. The number of hydrogen-bond acceptors (Lipinski definition) is 3. The van der Waals surface area contributed by atoms with E-state index in [1.165, 1.54) is 0 Å². The van der Waals surface area contributed by atoms with E-state index in [1.54, 1.807) is 24.5 Å². The zero-order valence-corrected chi connectivity index (χ0v) is 11.3. The van der Waals surface area contributed by atoms with E-state index in [-0.39, 0.29) is 5.78 Å². The third-order valence-corrected chi connectivity index (χ3v) is 3.36. The average Bonchev–Trinajstić information content (AvgIpc) is 2.86. The number of benzene rings is 1. The maximum atomic E-state index is 12.3. The Balaban J connectivity index is 1.97. The standard InChI is InChI=1S/C16H15N3O/c1-2-19-15-6-4-3-5-13(15)14(18-19)11-16(20)12-7-9-17-10-8-12/h3-10H,2,11H2,1H3. The second kappa shape index (κ2) is 5.25. The van der Waals surface area contributed by atoms with Crippen molar-refractivity contribution >= 4 is 16.7 Å². The van der Waals surface area contributed by atoms with Crippen LogP contribution in [0.4, 0.5) is 0 Å². The highest BCUT2D eigenvalue weighted by Gasteiger charge is 2.14. The molecule has 100 valence electrons. The summed E-state index contributed by atoms with van der Waals surface area (Å²) in [6.45, 7) is 2.85. The van der Waals surface area contributed by atoms with Gasteiger partial charge in [-0.3, -0.25) is 14.5 Å². The van der Waals surface area contributed by atoms with Gasteiger partial charge in [-0.05, 0) is 25.1 Å². The van der Waals surface area contributed by atoms with Gasteiger partial charge in [0.2, 0.25) is 0 Å². The van der Waals surface area contributed by atoms with Crippen LogP contribution in [0.15, 0.2) is 48.8 Å². The molecule has 0 spiro atoms. The van der Waals surface area contributed by atoms with Crippen molar-refractivity contribution in [1.29, 1.82) is 0 Å². The summed E-state index contributed by atoms with van der Waals surface area (Å²) < 4.78 is 1.94. The molecule has 0 aliphatic carbocycles. The highest BCUT2D eigenvalue weighted by Crippen LogP contribution is 2.19. The number of fused-ring (bicyclic) bond motifs is 1. The summed E-state index contributed by atoms with van der Waals surface area (Å²) in [6.07, 6.45) is 3.59. The Morgan fingerprint density at radius 2 is 1.90 bits per heavy atom. The molecule has 0 aliphatic heterocycles. The van der Waals surface area contributed by atoms with E-state index in [2.05, 4.69) is 10.1 Å². The molecule has 0 amide bonds. The second-order valence-electron chi connectivity index (χ2n) is 4.62. The van der Waals surface area contributed by atoms with Gasteiger partial charge in [-0.1, -0.05) is 18.2 Å². The highest BCUT2D eigenvalue weighted by molar-refractivity contribution is 5.99. The van der Waals surface area contributed by atoms with Crippen LogP contribution in [0.25, 0.3) is 10.9 Å². The summed E-state index contributed by atoms with van der Waals surface area (Å²) in [5.41, 5.74) is 2.59. The number of ketones is 1. The molecular weight excluding hydrogens is 250 g/mol. The summed E-state index contributed by atoms with van der Waals surface area (Å²) in [5.74, 6) is 0.0684. The Labute approximate surface area is 117 Å². The quantitative estimate of drug-likeness (QED) is 0.681. The fourth-order valence-electron chi connectivity index (χ4n) is 2.36. The summed E-state index contributed by atoms with van der Waals surface area (Å²) >= 11 is 0. The third-order valence-electron chi connectivity index (χ3n) is 3.36. The monoisotopic (exact) mass is 265 g/mol. The second-order valence-corrected chi connectivity index (χ2v) is 4.62. The molecule has 2 aromatic heterocycles. The van der Waals surface area contributed by atoms with E-state index < -0.39 is 0 Å². The van der Waals surface area contributed by atoms with Gasteiger partial charge in [0.05, 0.1) is 17.6 Å². The maximum Gasteiger partial charge on any atom is 0.169 e. The van der Waals surface area contributed by atoms with E-state index in [0.717, 1.165) is 23.1 Å². The van der Waals surface area contributed by atoms with Gasteiger partial charge < -0.3 is 0 Å². The van der Waals surface area contributed by atoms with Crippen LogP contribution < -0.4 is 0 Å². The molecule has 0 fully saturated rings. The van der Waals surface area contributed by atoms with Crippen molar-refractivity contribution in [3.63, 3.8) is 0 Å². The van der Waals surface area contributed by atoms with Gasteiger partial charge in [-0.15, -0.1) is 0 Å². The van der Waals surface area contributed by atoms with Crippen LogP contribution in [0.1, 0.15) is 23.0 Å². The molecule has 0 atom stereocenters. The number of rotatable bonds is 4. The number of nitrogens with zero attached hydrogens (tertiary/aromatic N) is 3. The van der Waals surface area contributed by atoms with Gasteiger partial charge in [0, 0.05) is 29.9 Å². The Bertz CT molecular complexity index is 747. The van der Waals surface area contributed by atoms with Crippen molar-refractivity contribution in [3.05, 3.63) is 60.0 Å². The fraction of sp³-hybridized carbons (Fsp3) is 0.188. The van der Waals surface area contributed by atoms with E-state index in [0.29, 0.717) is 12.0 Å². The summed E-state index contributed by atoms with van der Waals surface area (Å²) in [6, 6.07) is 11.5. The lowest BCUT2D eigenvalue weighted by Crippen LogP contribution is -2.05. The van der Waals surface area contributed by atoms with E-state index in [9.17, 15) is 4.79 Å². The van der Waals surface area contributed by atoms with E-state index in [1.807, 2.05) is 35.9 Å². The summed E-state index contributed by atoms with van der Waals surface area (Å²) in [4.78, 5) is 16.2. The number of hydrogen-bond donors (Lipinski definition) is 0. The van der Waals surface area contributed by atoms with Crippen LogP contribution >= 0.6 is 0 Å². The molecule has 0 saturated carbocycles. The van der Waals surface area contributed by atoms with Crippen LogP contribution in [-0.4, -0.2) is 20.5 Å². The maximum absolute atomic E-state index is 12.3. The van der Waals surface area contributed by atoms with Crippen LogP contribution in [0.5, 0.6) is 0 Å². The smallest absolute Gasteiger partial charge is 0.169 e. The number of Topliss-reactive ketones (excluding diaryl/α,β-unsaturated/α-hetero) is 1. The molecule has 4 heteroatoms. The average molecular weight is 265 g/mol. The number of carbonyl (C=O) groups excluding carboxylic acids is 1. The molecule has 1 aromatic carbocycles. The van der Waals surface area contributed by atoms with Crippen LogP contribution in [-0.2, 0) is 13.0 Å². The normalized spacial score (nSPS) is 10.8. The fourth-order valence-corrected chi connectivity index (χ4v) is 2.36. The molecule has 0 N–H and O–H groups in total. The van der Waals surface area contributed by atoms with Gasteiger partial charge in [-0.25, -0.2) is 0 Å². The number of pyridine rings is 1. The molecule has 4 nitrogen and oxygen atoms in total. The molecule has 2 heterocycles. The van der Waals surface area contributed by atoms with Gasteiger partial charge in [0.1, 0.15) is 0 Å². The first-order chi connectivity index (χ1) is 9.79. The molecule has 0 bridgehead atoms. The number of aryl methyl sites for hydroxylation is 1. The Hall–Kier alpha value is -2.49. The van der Waals surface area contributed by atoms with E-state index in [4.69, 9.17) is 0 Å². The van der Waals surface area contributed by atoms with Crippen molar-refractivity contribution < 1.29 is 4.79 Å². The van der Waals surface area contributed by atoms with Gasteiger partial charge >= 0.3 is 0 Å². The van der Waals surface area contributed by atoms with Crippen molar-refractivity contribution in [2.75, 3.05) is 0 Å². The van der Waals surface area contributed by atoms with Crippen LogP contribution in [0.2, 0.25) is 0 Å². The lowest BCUT2D eigenvalue weighted by molar-refractivity contribution is 0.0992. The largest absolute Gasteiger partial charge is 0.294 e. The predicted molar refractivity (Wildman–Crippen MR) is 77.7 cm³/mol. The minimum atomic E-state index is 0.0684. The molecule has 0 unspecified atom stereocenters. The molecular formula is C16H15N3O. The first-order valence-corrected chi connectivity index (χ1v) is 6.67. The molecule has 3 aromatic rings. The number of aromatic nitrogens is 3. The van der Waals surface area contributed by atoms with Gasteiger partial charge in [0.15, 0.2) is 5.78 Å². The molecule has 0 aliphatic rings. The Kier molecular flexibility index (Phi) is 3.29. The SMILES string of the molecule is CCn1nc(CC(=O)c2ccncc2)c2ccccc21. The van der Waals surface area contributed by atoms with Gasteiger partial charge in [-0.2, -0.15) is 5.10 Å². The van der Waals surface area contributed by atoms with Crippen molar-refractivity contribution in [2.45, 2.75) is 19.9 Å². The highest BCUT2D eigenvalue weighted by atomic mass is 16.1. The molecule has 20 heavy (non-hydrogen) atoms. The minimum absolute atomic E-state index is 0.0684. The molecule has 3 rings (SSSR count). The molecule has 0 saturated heterocycles. The van der Waals surface area contributed by atoms with Crippen LogP contribution in [0.3, 0.4) is 0 Å². The third kappa shape index (κ3) is 2.20.